The minimum atomic E-state index is -1.34. The molecule has 0 bridgehead atoms. The van der Waals surface area contributed by atoms with Gasteiger partial charge in [0.15, 0.2) is 11.2 Å². The zero-order chi connectivity index (χ0) is 37.4. The largest absolute Gasteiger partial charge is 0.497 e. The lowest BCUT2D eigenvalue weighted by molar-refractivity contribution is -0.213. The fourth-order valence-electron chi connectivity index (χ4n) is 7.34. The van der Waals surface area contributed by atoms with E-state index >= 15 is 0 Å². The molecule has 2 saturated heterocycles. The Kier molecular flexibility index (Phi) is 11.4. The van der Waals surface area contributed by atoms with Crippen LogP contribution in [0.3, 0.4) is 0 Å². The highest BCUT2D eigenvalue weighted by Gasteiger charge is 2.60. The number of cyclic esters (lactones) is 1. The first-order valence-electron chi connectivity index (χ1n) is 17.6. The molecule has 0 unspecified atom stereocenters. The molecule has 274 valence electrons. The standard InChI is InChI=1S/C41H43N5O7/c1-29(2)36-41(32-15-9-5-10-16-32,33-17-11-6-12-18-33)53-39(49)46(36)37(47)35(43-44-42)23-24-40(52-28-51-26-31-13-7-4-8-14-31)27-45(38(40)48)25-30-19-21-34(50-3)22-20-30/h4-22,29,35-36H,23-28H2,1-3H3/t35-,36-,40-/m0/s1. The molecule has 53 heavy (non-hydrogen) atoms. The summed E-state index contributed by atoms with van der Waals surface area (Å²) in [5, 5.41) is 3.87. The molecule has 2 aliphatic rings. The molecule has 2 heterocycles. The van der Waals surface area contributed by atoms with Gasteiger partial charge in [-0.15, -0.1) is 0 Å². The van der Waals surface area contributed by atoms with E-state index in [4.69, 9.17) is 18.9 Å². The monoisotopic (exact) mass is 717 g/mol. The van der Waals surface area contributed by atoms with Gasteiger partial charge in [-0.25, -0.2) is 9.69 Å². The van der Waals surface area contributed by atoms with Crippen LogP contribution in [-0.2, 0) is 42.6 Å². The molecule has 4 aromatic carbocycles. The summed E-state index contributed by atoms with van der Waals surface area (Å²) in [6.07, 6.45) is -0.875. The van der Waals surface area contributed by atoms with E-state index in [0.717, 1.165) is 16.0 Å². The Morgan fingerprint density at radius 3 is 2.06 bits per heavy atom. The van der Waals surface area contributed by atoms with Gasteiger partial charge in [-0.2, -0.15) is 0 Å². The van der Waals surface area contributed by atoms with Crippen molar-refractivity contribution >= 4 is 17.9 Å². The predicted molar refractivity (Wildman–Crippen MR) is 196 cm³/mol. The second-order valence-corrected chi connectivity index (χ2v) is 13.6. The molecule has 0 aliphatic carbocycles. The summed E-state index contributed by atoms with van der Waals surface area (Å²) in [6, 6.07) is 33.5. The lowest BCUT2D eigenvalue weighted by atomic mass is 9.75. The van der Waals surface area contributed by atoms with E-state index in [1.807, 2.05) is 129 Å². The maximum atomic E-state index is 14.5. The average Bonchev–Trinajstić information content (AvgIpc) is 3.52. The number of hydrogen-bond donors (Lipinski definition) is 0. The first kappa shape index (κ1) is 37.1. The maximum Gasteiger partial charge on any atom is 0.418 e. The Morgan fingerprint density at radius 1 is 0.906 bits per heavy atom. The van der Waals surface area contributed by atoms with Gasteiger partial charge in [0.2, 0.25) is 5.91 Å². The fourth-order valence-corrected chi connectivity index (χ4v) is 7.34. The highest BCUT2D eigenvalue weighted by atomic mass is 16.7. The number of azide groups is 1. The molecular formula is C41H43N5O7. The summed E-state index contributed by atoms with van der Waals surface area (Å²) in [7, 11) is 1.59. The Morgan fingerprint density at radius 2 is 1.51 bits per heavy atom. The Bertz CT molecular complexity index is 1880. The minimum Gasteiger partial charge on any atom is -0.497 e. The van der Waals surface area contributed by atoms with Crippen molar-refractivity contribution in [2.24, 2.45) is 11.0 Å². The van der Waals surface area contributed by atoms with Gasteiger partial charge in [-0.1, -0.05) is 122 Å². The van der Waals surface area contributed by atoms with Crippen LogP contribution in [0.2, 0.25) is 0 Å². The van der Waals surface area contributed by atoms with Crippen molar-refractivity contribution in [3.63, 3.8) is 0 Å². The highest BCUT2D eigenvalue weighted by molar-refractivity contribution is 5.98. The minimum absolute atomic E-state index is 0.0345. The molecule has 2 aliphatic heterocycles. The summed E-state index contributed by atoms with van der Waals surface area (Å²) in [4.78, 5) is 48.0. The van der Waals surface area contributed by atoms with Gasteiger partial charge < -0.3 is 23.8 Å². The van der Waals surface area contributed by atoms with E-state index in [2.05, 4.69) is 10.0 Å². The Balaban J connectivity index is 1.24. The summed E-state index contributed by atoms with van der Waals surface area (Å²) >= 11 is 0. The zero-order valence-electron chi connectivity index (χ0n) is 30.0. The number of amides is 3. The molecule has 12 nitrogen and oxygen atoms in total. The molecule has 6 rings (SSSR count). The molecule has 4 aromatic rings. The number of likely N-dealkylation sites (tertiary alicyclic amines) is 1. The second kappa shape index (κ2) is 16.3. The molecule has 0 spiro atoms. The molecule has 0 N–H and O–H groups in total. The fraction of sp³-hybridized carbons (Fsp3) is 0.341. The molecule has 2 fully saturated rings. The van der Waals surface area contributed by atoms with Crippen LogP contribution in [-0.4, -0.2) is 65.8 Å². The van der Waals surface area contributed by atoms with Crippen molar-refractivity contribution in [2.75, 3.05) is 20.4 Å². The van der Waals surface area contributed by atoms with E-state index in [9.17, 15) is 19.9 Å². The third-order valence-corrected chi connectivity index (χ3v) is 9.90. The molecule has 3 amide bonds. The number of carbonyl (C=O) groups excluding carboxylic acids is 3. The van der Waals surface area contributed by atoms with Crippen LogP contribution in [0.1, 0.15) is 48.9 Å². The van der Waals surface area contributed by atoms with Gasteiger partial charge in [0.25, 0.3) is 5.91 Å². The summed E-state index contributed by atoms with van der Waals surface area (Å²) in [5.74, 6) is -0.556. The second-order valence-electron chi connectivity index (χ2n) is 13.6. The number of β-lactam (4-membered cyclic amide) rings is 1. The number of nitrogens with zero attached hydrogens (tertiary/aromatic N) is 5. The normalized spacial score (nSPS) is 19.7. The van der Waals surface area contributed by atoms with Gasteiger partial charge in [-0.3, -0.25) is 9.59 Å². The van der Waals surface area contributed by atoms with Gasteiger partial charge in [0.1, 0.15) is 18.6 Å². The van der Waals surface area contributed by atoms with Gasteiger partial charge in [0, 0.05) is 22.6 Å². The molecule has 3 atom stereocenters. The van der Waals surface area contributed by atoms with Crippen LogP contribution in [0.4, 0.5) is 4.79 Å². The number of rotatable bonds is 16. The molecular weight excluding hydrogens is 674 g/mol. The van der Waals surface area contributed by atoms with Crippen LogP contribution in [0.5, 0.6) is 5.75 Å². The number of ether oxygens (including phenoxy) is 4. The number of hydrogen-bond acceptors (Lipinski definition) is 8. The van der Waals surface area contributed by atoms with E-state index < -0.39 is 35.3 Å². The highest BCUT2D eigenvalue weighted by Crippen LogP contribution is 2.48. The SMILES string of the molecule is COc1ccc(CN2C[C@](CC[C@H](N=[N+]=[N-])C(=O)N3C(=O)OC(c4ccccc4)(c4ccccc4)[C@@H]3C(C)C)(OCOCc3ccccc3)C2=O)cc1. The zero-order valence-corrected chi connectivity index (χ0v) is 30.0. The summed E-state index contributed by atoms with van der Waals surface area (Å²) in [5.41, 5.74) is 10.2. The smallest absolute Gasteiger partial charge is 0.418 e. The van der Waals surface area contributed by atoms with Gasteiger partial charge >= 0.3 is 6.09 Å². The van der Waals surface area contributed by atoms with Crippen molar-refractivity contribution in [3.8, 4) is 5.75 Å². The quantitative estimate of drug-likeness (QED) is 0.0294. The number of carbonyl (C=O) groups is 3. The van der Waals surface area contributed by atoms with Crippen LogP contribution >= 0.6 is 0 Å². The predicted octanol–water partition coefficient (Wildman–Crippen LogP) is 7.37. The van der Waals surface area contributed by atoms with Crippen molar-refractivity contribution in [1.29, 1.82) is 0 Å². The van der Waals surface area contributed by atoms with Gasteiger partial charge in [-0.05, 0) is 47.6 Å². The molecule has 0 aromatic heterocycles. The maximum absolute atomic E-state index is 14.5. The van der Waals surface area contributed by atoms with E-state index in [-0.39, 0.29) is 44.6 Å². The van der Waals surface area contributed by atoms with Crippen LogP contribution < -0.4 is 4.74 Å². The first-order valence-corrected chi connectivity index (χ1v) is 17.6. The van der Waals surface area contributed by atoms with Crippen molar-refractivity contribution in [1.82, 2.24) is 9.80 Å². The van der Waals surface area contributed by atoms with Crippen molar-refractivity contribution in [2.45, 2.75) is 63.1 Å². The van der Waals surface area contributed by atoms with Crippen LogP contribution in [0.15, 0.2) is 120 Å². The molecule has 12 heteroatoms. The van der Waals surface area contributed by atoms with Crippen LogP contribution in [0, 0.1) is 5.92 Å². The van der Waals surface area contributed by atoms with Gasteiger partial charge in [0.05, 0.1) is 26.3 Å². The Hall–Kier alpha value is -5.68. The van der Waals surface area contributed by atoms with Crippen molar-refractivity contribution in [3.05, 3.63) is 148 Å². The third-order valence-electron chi connectivity index (χ3n) is 9.90. The summed E-state index contributed by atoms with van der Waals surface area (Å²) in [6.45, 7) is 4.49. The van der Waals surface area contributed by atoms with E-state index in [1.165, 1.54) is 0 Å². The average molecular weight is 718 g/mol. The number of benzene rings is 4. The number of methoxy groups -OCH3 is 1. The third kappa shape index (κ3) is 7.61. The lowest BCUT2D eigenvalue weighted by Gasteiger charge is -2.48. The van der Waals surface area contributed by atoms with Crippen molar-refractivity contribution < 1.29 is 33.3 Å². The van der Waals surface area contributed by atoms with Crippen LogP contribution in [0.25, 0.3) is 10.4 Å². The first-order chi connectivity index (χ1) is 25.7. The topological polar surface area (TPSA) is 143 Å². The summed E-state index contributed by atoms with van der Waals surface area (Å²) < 4.78 is 23.5. The number of imide groups is 1. The molecule has 0 saturated carbocycles. The van der Waals surface area contributed by atoms with E-state index in [1.54, 1.807) is 12.0 Å². The lowest BCUT2D eigenvalue weighted by Crippen LogP contribution is -2.67. The van der Waals surface area contributed by atoms with E-state index in [0.29, 0.717) is 23.4 Å². The Labute approximate surface area is 308 Å². The molecule has 0 radical (unpaired) electrons.